The van der Waals surface area contributed by atoms with E-state index in [-0.39, 0.29) is 5.41 Å². The molecule has 2 nitrogen and oxygen atoms in total. The second kappa shape index (κ2) is 24.4. The quantitative estimate of drug-likeness (QED) is 0.0494. The molecule has 0 bridgehead atoms. The van der Waals surface area contributed by atoms with Crippen molar-refractivity contribution in [3.05, 3.63) is 130 Å². The molecular weight excluding hydrogens is 689 g/mol. The normalized spacial score (nSPS) is 18.1. The smallest absolute Gasteiger partial charge is 0.0314 e. The fraction of sp³-hybridized carbons (Fsp3) is 0.564. The van der Waals surface area contributed by atoms with Crippen LogP contribution in [0, 0.1) is 5.92 Å². The Morgan fingerprint density at radius 1 is 0.421 bits per heavy atom. The summed E-state index contributed by atoms with van der Waals surface area (Å²) in [5.41, 5.74) is 22.8. The molecule has 57 heavy (non-hydrogen) atoms. The zero-order chi connectivity index (χ0) is 40.1. The number of nitrogen functional groups attached to an aromatic ring is 2. The van der Waals surface area contributed by atoms with Gasteiger partial charge in [0.25, 0.3) is 0 Å². The summed E-state index contributed by atoms with van der Waals surface area (Å²) in [4.78, 5) is 0. The lowest BCUT2D eigenvalue weighted by Gasteiger charge is -2.42. The summed E-state index contributed by atoms with van der Waals surface area (Å²) in [6.07, 6.45) is 31.7. The van der Waals surface area contributed by atoms with Gasteiger partial charge < -0.3 is 11.5 Å². The minimum Gasteiger partial charge on any atom is -0.399 e. The van der Waals surface area contributed by atoms with Crippen LogP contribution in [0.4, 0.5) is 11.4 Å². The minimum atomic E-state index is 0.0582. The molecule has 4 aromatic carbocycles. The summed E-state index contributed by atoms with van der Waals surface area (Å²) in [6.45, 7) is 6.94. The average molecular weight is 769 g/mol. The van der Waals surface area contributed by atoms with Crippen LogP contribution in [0.5, 0.6) is 0 Å². The van der Waals surface area contributed by atoms with Crippen molar-refractivity contribution in [2.75, 3.05) is 11.5 Å². The molecule has 2 heteroatoms. The van der Waals surface area contributed by atoms with E-state index in [9.17, 15) is 0 Å². The van der Waals surface area contributed by atoms with Gasteiger partial charge in [-0.05, 0) is 102 Å². The van der Waals surface area contributed by atoms with Gasteiger partial charge >= 0.3 is 0 Å². The van der Waals surface area contributed by atoms with Crippen molar-refractivity contribution in [3.63, 3.8) is 0 Å². The van der Waals surface area contributed by atoms with Gasteiger partial charge in [-0.3, -0.25) is 0 Å². The molecule has 4 N–H and O–H groups in total. The standard InChI is InChI=1S/C55H80N2/c1-4-7-10-12-14-16-19-22-53(47-28-36-51(56)37-29-47)45-24-32-49(33-25-45)55(42-40-44(41-43-55)21-18-9-6-3)50-34-26-46(27-35-50)54(48-30-38-52(57)39-31-48)23-20-17-15-13-11-8-5-2/h24-39,44,53-54H,4-23,40-43,56-57H2,1-3H3. The number of unbranched alkanes of at least 4 members (excludes halogenated alkanes) is 14. The summed E-state index contributed by atoms with van der Waals surface area (Å²) in [5, 5.41) is 0. The Bertz CT molecular complexity index is 1510. The van der Waals surface area contributed by atoms with Gasteiger partial charge in [0, 0.05) is 28.6 Å². The number of benzene rings is 4. The van der Waals surface area contributed by atoms with E-state index >= 15 is 0 Å². The van der Waals surface area contributed by atoms with Gasteiger partial charge in [0.1, 0.15) is 0 Å². The summed E-state index contributed by atoms with van der Waals surface area (Å²) < 4.78 is 0. The fourth-order valence-electron chi connectivity index (χ4n) is 10.1. The van der Waals surface area contributed by atoms with E-state index in [1.54, 1.807) is 0 Å². The number of anilines is 2. The third kappa shape index (κ3) is 13.5. The Balaban J connectivity index is 1.38. The molecule has 1 aliphatic carbocycles. The van der Waals surface area contributed by atoms with Gasteiger partial charge in [0.05, 0.1) is 0 Å². The highest BCUT2D eigenvalue weighted by Crippen LogP contribution is 2.48. The molecule has 0 radical (unpaired) electrons. The van der Waals surface area contributed by atoms with Crippen LogP contribution in [-0.2, 0) is 5.41 Å². The molecule has 4 aromatic rings. The predicted octanol–water partition coefficient (Wildman–Crippen LogP) is 16.5. The molecule has 1 aliphatic rings. The first-order valence-corrected chi connectivity index (χ1v) is 23.9. The van der Waals surface area contributed by atoms with Crippen molar-refractivity contribution in [2.24, 2.45) is 5.92 Å². The Morgan fingerprint density at radius 3 is 1.11 bits per heavy atom. The van der Waals surface area contributed by atoms with Crippen LogP contribution >= 0.6 is 0 Å². The van der Waals surface area contributed by atoms with Crippen LogP contribution in [0.25, 0.3) is 0 Å². The van der Waals surface area contributed by atoms with Crippen molar-refractivity contribution < 1.29 is 0 Å². The second-order valence-corrected chi connectivity index (χ2v) is 18.0. The van der Waals surface area contributed by atoms with E-state index in [1.807, 2.05) is 0 Å². The van der Waals surface area contributed by atoms with Crippen molar-refractivity contribution in [1.82, 2.24) is 0 Å². The van der Waals surface area contributed by atoms with Gasteiger partial charge in [-0.25, -0.2) is 0 Å². The highest BCUT2D eigenvalue weighted by molar-refractivity contribution is 5.47. The van der Waals surface area contributed by atoms with E-state index in [0.717, 1.165) is 17.3 Å². The van der Waals surface area contributed by atoms with Crippen LogP contribution < -0.4 is 11.5 Å². The van der Waals surface area contributed by atoms with Crippen LogP contribution in [0.3, 0.4) is 0 Å². The molecule has 0 heterocycles. The number of hydrogen-bond donors (Lipinski definition) is 2. The van der Waals surface area contributed by atoms with E-state index in [2.05, 4.69) is 118 Å². The Kier molecular flexibility index (Phi) is 19.1. The highest BCUT2D eigenvalue weighted by Gasteiger charge is 2.38. The molecule has 0 aromatic heterocycles. The minimum absolute atomic E-state index is 0.0582. The van der Waals surface area contributed by atoms with E-state index in [0.29, 0.717) is 11.8 Å². The molecule has 1 fully saturated rings. The molecule has 1 saturated carbocycles. The molecule has 0 aliphatic heterocycles. The zero-order valence-electron chi connectivity index (χ0n) is 36.6. The summed E-state index contributed by atoms with van der Waals surface area (Å²) >= 11 is 0. The van der Waals surface area contributed by atoms with Crippen LogP contribution in [0.1, 0.15) is 220 Å². The van der Waals surface area contributed by atoms with Crippen molar-refractivity contribution in [1.29, 1.82) is 0 Å². The summed E-state index contributed by atoms with van der Waals surface area (Å²) in [5.74, 6) is 1.67. The average Bonchev–Trinajstić information content (AvgIpc) is 3.24. The van der Waals surface area contributed by atoms with Gasteiger partial charge in [-0.2, -0.15) is 0 Å². The van der Waals surface area contributed by atoms with Crippen molar-refractivity contribution in [2.45, 2.75) is 192 Å². The third-order valence-corrected chi connectivity index (χ3v) is 13.8. The maximum absolute atomic E-state index is 6.16. The fourth-order valence-corrected chi connectivity index (χ4v) is 10.1. The van der Waals surface area contributed by atoms with Gasteiger partial charge in [-0.1, -0.05) is 209 Å². The number of nitrogens with two attached hydrogens (primary N) is 2. The summed E-state index contributed by atoms with van der Waals surface area (Å²) in [6, 6.07) is 37.5. The maximum atomic E-state index is 6.16. The van der Waals surface area contributed by atoms with Gasteiger partial charge in [0.2, 0.25) is 0 Å². The van der Waals surface area contributed by atoms with E-state index in [1.165, 1.54) is 187 Å². The number of rotatable bonds is 26. The first-order chi connectivity index (χ1) is 28.0. The monoisotopic (exact) mass is 769 g/mol. The Hall–Kier alpha value is -3.52. The van der Waals surface area contributed by atoms with E-state index < -0.39 is 0 Å². The van der Waals surface area contributed by atoms with Gasteiger partial charge in [0.15, 0.2) is 0 Å². The van der Waals surface area contributed by atoms with Crippen molar-refractivity contribution in [3.8, 4) is 0 Å². The zero-order valence-corrected chi connectivity index (χ0v) is 36.6. The summed E-state index contributed by atoms with van der Waals surface area (Å²) in [7, 11) is 0. The SMILES string of the molecule is CCCCCCCCCC(c1ccc(N)cc1)c1ccc(C2(c3ccc(C(CCCCCCCCC)c4ccc(N)cc4)cc3)CCC(CCCCC)CC2)cc1. The second-order valence-electron chi connectivity index (χ2n) is 18.0. The molecule has 310 valence electrons. The third-order valence-electron chi connectivity index (χ3n) is 13.8. The molecule has 2 atom stereocenters. The largest absolute Gasteiger partial charge is 0.399 e. The molecule has 2 unspecified atom stereocenters. The molecule has 0 amide bonds. The van der Waals surface area contributed by atoms with Crippen molar-refractivity contribution >= 4 is 11.4 Å². The molecular formula is C55H80N2. The maximum Gasteiger partial charge on any atom is 0.0314 e. The lowest BCUT2D eigenvalue weighted by atomic mass is 9.62. The Labute approximate surface area is 350 Å². The number of hydrogen-bond acceptors (Lipinski definition) is 2. The van der Waals surface area contributed by atoms with E-state index in [4.69, 9.17) is 11.5 Å². The lowest BCUT2D eigenvalue weighted by Crippen LogP contribution is -2.33. The van der Waals surface area contributed by atoms with Crippen LogP contribution in [0.2, 0.25) is 0 Å². The Morgan fingerprint density at radius 2 is 0.737 bits per heavy atom. The first-order valence-electron chi connectivity index (χ1n) is 23.9. The van der Waals surface area contributed by atoms with Gasteiger partial charge in [-0.15, -0.1) is 0 Å². The topological polar surface area (TPSA) is 52.0 Å². The molecule has 5 rings (SSSR count). The van der Waals surface area contributed by atoms with Crippen LogP contribution in [0.15, 0.2) is 97.1 Å². The first kappa shape index (κ1) is 44.6. The predicted molar refractivity (Wildman–Crippen MR) is 250 cm³/mol. The lowest BCUT2D eigenvalue weighted by molar-refractivity contribution is 0.250. The molecule has 0 saturated heterocycles. The highest BCUT2D eigenvalue weighted by atomic mass is 14.5. The molecule has 0 spiro atoms. The van der Waals surface area contributed by atoms with Crippen LogP contribution in [-0.4, -0.2) is 0 Å².